The minimum atomic E-state index is -0.580. The van der Waals surface area contributed by atoms with Gasteiger partial charge in [0.1, 0.15) is 0 Å². The normalized spacial score (nSPS) is 20.5. The summed E-state index contributed by atoms with van der Waals surface area (Å²) >= 11 is 0. The van der Waals surface area contributed by atoms with Crippen LogP contribution in [0.1, 0.15) is 32.3 Å². The Bertz CT molecular complexity index is 587. The fraction of sp³-hybridized carbons (Fsp3) is 0.476. The Kier molecular flexibility index (Phi) is 6.38. The van der Waals surface area contributed by atoms with E-state index in [4.69, 9.17) is 4.74 Å². The van der Waals surface area contributed by atoms with Gasteiger partial charge in [-0.05, 0) is 38.7 Å². The van der Waals surface area contributed by atoms with E-state index >= 15 is 0 Å². The lowest BCUT2D eigenvalue weighted by atomic mass is 9.76. The van der Waals surface area contributed by atoms with Gasteiger partial charge in [-0.15, -0.1) is 0 Å². The van der Waals surface area contributed by atoms with E-state index in [1.54, 1.807) is 6.08 Å². The van der Waals surface area contributed by atoms with E-state index in [0.29, 0.717) is 13.0 Å². The van der Waals surface area contributed by atoms with Crippen LogP contribution in [-0.4, -0.2) is 37.1 Å². The third-order valence-corrected chi connectivity index (χ3v) is 4.96. The second kappa shape index (κ2) is 8.29. The molecule has 130 valence electrons. The number of carbonyl (C=O) groups excluding carboxylic acids is 1. The number of hydrogen-bond acceptors (Lipinski definition) is 2. The molecule has 1 aliphatic heterocycles. The Morgan fingerprint density at radius 1 is 1.42 bits per heavy atom. The summed E-state index contributed by atoms with van der Waals surface area (Å²) in [4.78, 5) is 15.1. The number of hydrogen-bond donors (Lipinski definition) is 0. The maximum absolute atomic E-state index is 13.3. The van der Waals surface area contributed by atoms with Gasteiger partial charge in [0.05, 0.1) is 11.5 Å². The van der Waals surface area contributed by atoms with Gasteiger partial charge in [-0.3, -0.25) is 4.79 Å². The second-order valence-corrected chi connectivity index (χ2v) is 6.90. The number of allylic oxidation sites excluding steroid dienone is 2. The van der Waals surface area contributed by atoms with Crippen LogP contribution in [0, 0.1) is 5.41 Å². The first-order valence-electron chi connectivity index (χ1n) is 8.68. The van der Waals surface area contributed by atoms with E-state index in [1.807, 2.05) is 50.1 Å². The molecule has 0 bridgehead atoms. The van der Waals surface area contributed by atoms with Crippen molar-refractivity contribution >= 4 is 5.91 Å². The van der Waals surface area contributed by atoms with E-state index < -0.39 is 5.41 Å². The highest BCUT2D eigenvalue weighted by Crippen LogP contribution is 2.33. The molecule has 1 aliphatic rings. The molecule has 0 aromatic heterocycles. The quantitative estimate of drug-likeness (QED) is 0.708. The summed E-state index contributed by atoms with van der Waals surface area (Å²) < 4.78 is 5.69. The molecule has 2 rings (SSSR count). The third-order valence-electron chi connectivity index (χ3n) is 4.96. The van der Waals surface area contributed by atoms with E-state index in [-0.39, 0.29) is 12.0 Å². The Morgan fingerprint density at radius 2 is 2.12 bits per heavy atom. The fourth-order valence-electron chi connectivity index (χ4n) is 3.35. The molecule has 24 heavy (non-hydrogen) atoms. The molecule has 1 aromatic carbocycles. The molecule has 2 atom stereocenters. The van der Waals surface area contributed by atoms with Crippen molar-refractivity contribution in [2.75, 3.05) is 20.2 Å². The minimum Gasteiger partial charge on any atom is -0.376 e. The molecule has 1 aromatic rings. The van der Waals surface area contributed by atoms with E-state index in [0.717, 1.165) is 30.6 Å². The summed E-state index contributed by atoms with van der Waals surface area (Å²) in [5, 5.41) is 0. The van der Waals surface area contributed by atoms with Crippen LogP contribution >= 0.6 is 0 Å². The van der Waals surface area contributed by atoms with E-state index in [9.17, 15) is 4.79 Å². The minimum absolute atomic E-state index is 0.137. The third kappa shape index (κ3) is 4.35. The van der Waals surface area contributed by atoms with Crippen molar-refractivity contribution in [1.29, 1.82) is 0 Å². The van der Waals surface area contributed by atoms with Crippen molar-refractivity contribution in [3.05, 3.63) is 60.2 Å². The second-order valence-electron chi connectivity index (χ2n) is 6.90. The molecule has 1 saturated heterocycles. The molecule has 1 fully saturated rings. The Morgan fingerprint density at radius 3 is 2.71 bits per heavy atom. The maximum Gasteiger partial charge on any atom is 0.232 e. The topological polar surface area (TPSA) is 29.5 Å². The Balaban J connectivity index is 2.21. The van der Waals surface area contributed by atoms with Crippen LogP contribution in [0.3, 0.4) is 0 Å². The fourth-order valence-corrected chi connectivity index (χ4v) is 3.35. The molecule has 3 heteroatoms. The monoisotopic (exact) mass is 327 g/mol. The standard InChI is InChI=1S/C21H29NO2/c1-5-10-17(2)21(3,15-18-11-7-6-8-12-18)20(23)22(4)16-19-13-9-14-24-19/h5-8,10-12,19H,1,9,13-16H2,2-4H3/b17-10+. The summed E-state index contributed by atoms with van der Waals surface area (Å²) in [5.41, 5.74) is 1.62. The molecular weight excluding hydrogens is 298 g/mol. The average molecular weight is 327 g/mol. The van der Waals surface area contributed by atoms with Crippen LogP contribution in [0.25, 0.3) is 0 Å². The van der Waals surface area contributed by atoms with E-state index in [2.05, 4.69) is 18.7 Å². The van der Waals surface area contributed by atoms with Gasteiger partial charge in [-0.2, -0.15) is 0 Å². The zero-order valence-electron chi connectivity index (χ0n) is 15.1. The van der Waals surface area contributed by atoms with Crippen molar-refractivity contribution in [3.8, 4) is 0 Å². The van der Waals surface area contributed by atoms with Gasteiger partial charge in [-0.1, -0.05) is 54.6 Å². The number of benzene rings is 1. The number of nitrogens with zero attached hydrogens (tertiary/aromatic N) is 1. The summed E-state index contributed by atoms with van der Waals surface area (Å²) in [7, 11) is 1.88. The molecule has 0 aliphatic carbocycles. The highest BCUT2D eigenvalue weighted by Gasteiger charge is 2.38. The van der Waals surface area contributed by atoms with Gasteiger partial charge in [0.15, 0.2) is 0 Å². The highest BCUT2D eigenvalue weighted by molar-refractivity contribution is 5.85. The van der Waals surface area contributed by atoms with Crippen molar-refractivity contribution < 1.29 is 9.53 Å². The van der Waals surface area contributed by atoms with Crippen LogP contribution in [0.15, 0.2) is 54.6 Å². The SMILES string of the molecule is C=C/C=C(\C)C(C)(Cc1ccccc1)C(=O)N(C)CC1CCCO1. The van der Waals surface area contributed by atoms with Crippen molar-refractivity contribution in [3.63, 3.8) is 0 Å². The van der Waals surface area contributed by atoms with Crippen LogP contribution in [-0.2, 0) is 16.0 Å². The molecule has 1 heterocycles. The molecule has 0 spiro atoms. The van der Waals surface area contributed by atoms with Gasteiger partial charge in [0.2, 0.25) is 5.91 Å². The first kappa shape index (κ1) is 18.5. The summed E-state index contributed by atoms with van der Waals surface area (Å²) in [6.07, 6.45) is 6.67. The summed E-state index contributed by atoms with van der Waals surface area (Å²) in [6, 6.07) is 10.2. The molecular formula is C21H29NO2. The predicted molar refractivity (Wildman–Crippen MR) is 98.8 cm³/mol. The van der Waals surface area contributed by atoms with Gasteiger partial charge < -0.3 is 9.64 Å². The molecule has 0 N–H and O–H groups in total. The van der Waals surface area contributed by atoms with Gasteiger partial charge in [-0.25, -0.2) is 0 Å². The van der Waals surface area contributed by atoms with Gasteiger partial charge in [0, 0.05) is 20.2 Å². The smallest absolute Gasteiger partial charge is 0.232 e. The average Bonchev–Trinajstić information content (AvgIpc) is 3.08. The number of amides is 1. The lowest BCUT2D eigenvalue weighted by Gasteiger charge is -2.35. The molecule has 3 nitrogen and oxygen atoms in total. The van der Waals surface area contributed by atoms with Gasteiger partial charge in [0.25, 0.3) is 0 Å². The van der Waals surface area contributed by atoms with Crippen molar-refractivity contribution in [1.82, 2.24) is 4.90 Å². The first-order valence-corrected chi connectivity index (χ1v) is 8.68. The zero-order chi connectivity index (χ0) is 17.6. The zero-order valence-corrected chi connectivity index (χ0v) is 15.1. The maximum atomic E-state index is 13.3. The first-order chi connectivity index (χ1) is 11.5. The number of rotatable bonds is 7. The number of likely N-dealkylation sites (N-methyl/N-ethyl adjacent to an activating group) is 1. The van der Waals surface area contributed by atoms with Crippen LogP contribution in [0.4, 0.5) is 0 Å². The lowest BCUT2D eigenvalue weighted by Crippen LogP contribution is -2.45. The predicted octanol–water partition coefficient (Wildman–Crippen LogP) is 4.01. The van der Waals surface area contributed by atoms with Crippen LogP contribution in [0.2, 0.25) is 0 Å². The van der Waals surface area contributed by atoms with E-state index in [1.165, 1.54) is 0 Å². The number of ether oxygens (including phenoxy) is 1. The Hall–Kier alpha value is -1.87. The highest BCUT2D eigenvalue weighted by atomic mass is 16.5. The van der Waals surface area contributed by atoms with Crippen LogP contribution in [0.5, 0.6) is 0 Å². The molecule has 0 radical (unpaired) electrons. The number of carbonyl (C=O) groups is 1. The molecule has 0 saturated carbocycles. The lowest BCUT2D eigenvalue weighted by molar-refractivity contribution is -0.139. The molecule has 1 amide bonds. The summed E-state index contributed by atoms with van der Waals surface area (Å²) in [5.74, 6) is 0.137. The van der Waals surface area contributed by atoms with Gasteiger partial charge >= 0.3 is 0 Å². The summed E-state index contributed by atoms with van der Waals surface area (Å²) in [6.45, 7) is 9.30. The molecule has 2 unspecified atom stereocenters. The van der Waals surface area contributed by atoms with Crippen molar-refractivity contribution in [2.45, 2.75) is 39.2 Å². The largest absolute Gasteiger partial charge is 0.376 e. The Labute approximate surface area is 146 Å². The van der Waals surface area contributed by atoms with Crippen molar-refractivity contribution in [2.24, 2.45) is 5.41 Å². The van der Waals surface area contributed by atoms with Crippen LogP contribution < -0.4 is 0 Å².